The monoisotopic (exact) mass is 291 g/mol. The standard InChI is InChI=1S/C16H25N3O2/c1-4-19(11-16(2,3)21)15(20)13-9-10-17-14(18-13)12-7-5-6-8-12/h9-10,12,21H,4-8,11H2,1-3H3. The number of rotatable bonds is 5. The predicted octanol–water partition coefficient (Wildman–Crippen LogP) is 2.37. The molecule has 21 heavy (non-hydrogen) atoms. The molecule has 0 unspecified atom stereocenters. The Balaban J connectivity index is 2.15. The highest BCUT2D eigenvalue weighted by Gasteiger charge is 2.25. The van der Waals surface area contributed by atoms with Gasteiger partial charge in [-0.25, -0.2) is 9.97 Å². The summed E-state index contributed by atoms with van der Waals surface area (Å²) in [6, 6.07) is 1.66. The lowest BCUT2D eigenvalue weighted by molar-refractivity contribution is 0.0311. The van der Waals surface area contributed by atoms with Gasteiger partial charge in [0, 0.05) is 25.2 Å². The Morgan fingerprint density at radius 3 is 2.67 bits per heavy atom. The van der Waals surface area contributed by atoms with Crippen LogP contribution in [0.4, 0.5) is 0 Å². The van der Waals surface area contributed by atoms with Crippen LogP contribution < -0.4 is 0 Å². The van der Waals surface area contributed by atoms with Crippen LogP contribution in [-0.2, 0) is 0 Å². The molecule has 1 N–H and O–H groups in total. The third kappa shape index (κ3) is 4.24. The normalized spacial score (nSPS) is 16.2. The first-order valence-corrected chi connectivity index (χ1v) is 7.75. The third-order valence-electron chi connectivity index (χ3n) is 3.86. The molecule has 0 bridgehead atoms. The molecule has 1 fully saturated rings. The number of aliphatic hydroxyl groups is 1. The summed E-state index contributed by atoms with van der Waals surface area (Å²) >= 11 is 0. The molecule has 2 rings (SSSR count). The second-order valence-electron chi connectivity index (χ2n) is 6.41. The number of carbonyl (C=O) groups is 1. The molecule has 1 aromatic rings. The minimum Gasteiger partial charge on any atom is -0.389 e. The van der Waals surface area contributed by atoms with Crippen molar-refractivity contribution in [1.82, 2.24) is 14.9 Å². The molecule has 1 heterocycles. The van der Waals surface area contributed by atoms with Crippen LogP contribution in [0.1, 0.15) is 68.7 Å². The average Bonchev–Trinajstić information content (AvgIpc) is 2.97. The minimum absolute atomic E-state index is 0.138. The molecule has 0 aromatic carbocycles. The summed E-state index contributed by atoms with van der Waals surface area (Å²) in [6.07, 6.45) is 6.32. The second kappa shape index (κ2) is 6.52. The van der Waals surface area contributed by atoms with Crippen LogP contribution in [0.15, 0.2) is 12.3 Å². The molecule has 0 spiro atoms. The Kier molecular flexibility index (Phi) is 4.93. The van der Waals surface area contributed by atoms with E-state index >= 15 is 0 Å². The Morgan fingerprint density at radius 1 is 1.43 bits per heavy atom. The van der Waals surface area contributed by atoms with Crippen molar-refractivity contribution >= 4 is 5.91 Å². The molecule has 1 amide bonds. The van der Waals surface area contributed by atoms with E-state index in [1.807, 2.05) is 6.92 Å². The Bertz CT molecular complexity index is 491. The van der Waals surface area contributed by atoms with Crippen LogP contribution in [0.2, 0.25) is 0 Å². The van der Waals surface area contributed by atoms with Gasteiger partial charge in [0.15, 0.2) is 0 Å². The fraction of sp³-hybridized carbons (Fsp3) is 0.688. The van der Waals surface area contributed by atoms with Crippen LogP contribution in [-0.4, -0.2) is 44.6 Å². The number of hydrogen-bond donors (Lipinski definition) is 1. The largest absolute Gasteiger partial charge is 0.389 e. The van der Waals surface area contributed by atoms with Gasteiger partial charge in [-0.2, -0.15) is 0 Å². The molecule has 1 aliphatic rings. The molecule has 5 nitrogen and oxygen atoms in total. The van der Waals surface area contributed by atoms with Crippen molar-refractivity contribution in [2.75, 3.05) is 13.1 Å². The van der Waals surface area contributed by atoms with Crippen LogP contribution in [0.3, 0.4) is 0 Å². The number of amides is 1. The Hall–Kier alpha value is -1.49. The first-order valence-electron chi connectivity index (χ1n) is 7.75. The smallest absolute Gasteiger partial charge is 0.272 e. The molecule has 116 valence electrons. The highest BCUT2D eigenvalue weighted by Crippen LogP contribution is 2.31. The summed E-state index contributed by atoms with van der Waals surface area (Å²) in [4.78, 5) is 23.0. The molecule has 1 aromatic heterocycles. The molecule has 1 saturated carbocycles. The quantitative estimate of drug-likeness (QED) is 0.904. The van der Waals surface area contributed by atoms with E-state index in [0.717, 1.165) is 18.7 Å². The Morgan fingerprint density at radius 2 is 2.10 bits per heavy atom. The van der Waals surface area contributed by atoms with Crippen LogP contribution >= 0.6 is 0 Å². The maximum absolute atomic E-state index is 12.5. The number of carbonyl (C=O) groups excluding carboxylic acids is 1. The third-order valence-corrected chi connectivity index (χ3v) is 3.86. The van der Waals surface area contributed by atoms with E-state index in [2.05, 4.69) is 9.97 Å². The lowest BCUT2D eigenvalue weighted by Crippen LogP contribution is -2.42. The van der Waals surface area contributed by atoms with Gasteiger partial charge in [-0.05, 0) is 39.7 Å². The molecular weight excluding hydrogens is 266 g/mol. The second-order valence-corrected chi connectivity index (χ2v) is 6.41. The molecule has 0 aliphatic heterocycles. The molecule has 0 saturated heterocycles. The van der Waals surface area contributed by atoms with E-state index in [1.165, 1.54) is 12.8 Å². The maximum Gasteiger partial charge on any atom is 0.272 e. The van der Waals surface area contributed by atoms with Crippen molar-refractivity contribution in [3.8, 4) is 0 Å². The lowest BCUT2D eigenvalue weighted by atomic mass is 10.1. The van der Waals surface area contributed by atoms with Gasteiger partial charge < -0.3 is 10.0 Å². The summed E-state index contributed by atoms with van der Waals surface area (Å²) in [7, 11) is 0. The zero-order valence-electron chi connectivity index (χ0n) is 13.2. The van der Waals surface area contributed by atoms with E-state index in [-0.39, 0.29) is 5.91 Å². The average molecular weight is 291 g/mol. The molecule has 0 radical (unpaired) electrons. The fourth-order valence-corrected chi connectivity index (χ4v) is 2.83. The van der Waals surface area contributed by atoms with Crippen molar-refractivity contribution in [1.29, 1.82) is 0 Å². The van der Waals surface area contributed by atoms with Gasteiger partial charge in [0.2, 0.25) is 0 Å². The first-order chi connectivity index (χ1) is 9.90. The zero-order valence-corrected chi connectivity index (χ0v) is 13.2. The van der Waals surface area contributed by atoms with Gasteiger partial charge in [0.1, 0.15) is 11.5 Å². The summed E-state index contributed by atoms with van der Waals surface area (Å²) in [5, 5.41) is 9.92. The van der Waals surface area contributed by atoms with Crippen molar-refractivity contribution in [2.24, 2.45) is 0 Å². The van der Waals surface area contributed by atoms with Gasteiger partial charge in [0.05, 0.1) is 5.60 Å². The van der Waals surface area contributed by atoms with E-state index in [0.29, 0.717) is 24.7 Å². The molecule has 5 heteroatoms. The highest BCUT2D eigenvalue weighted by atomic mass is 16.3. The molecule has 1 aliphatic carbocycles. The summed E-state index contributed by atoms with van der Waals surface area (Å²) < 4.78 is 0. The summed E-state index contributed by atoms with van der Waals surface area (Å²) in [5.41, 5.74) is -0.481. The van der Waals surface area contributed by atoms with Crippen molar-refractivity contribution in [3.05, 3.63) is 23.8 Å². The van der Waals surface area contributed by atoms with Crippen LogP contribution in [0, 0.1) is 0 Å². The zero-order chi connectivity index (χ0) is 15.5. The molecular formula is C16H25N3O2. The van der Waals surface area contributed by atoms with Crippen molar-refractivity contribution < 1.29 is 9.90 Å². The number of likely N-dealkylation sites (N-methyl/N-ethyl adjacent to an activating group) is 1. The van der Waals surface area contributed by atoms with Crippen LogP contribution in [0.25, 0.3) is 0 Å². The van der Waals surface area contributed by atoms with E-state index in [9.17, 15) is 9.90 Å². The van der Waals surface area contributed by atoms with Crippen molar-refractivity contribution in [3.63, 3.8) is 0 Å². The number of nitrogens with zero attached hydrogens (tertiary/aromatic N) is 3. The van der Waals surface area contributed by atoms with Crippen LogP contribution in [0.5, 0.6) is 0 Å². The van der Waals surface area contributed by atoms with Gasteiger partial charge >= 0.3 is 0 Å². The fourth-order valence-electron chi connectivity index (χ4n) is 2.83. The number of aromatic nitrogens is 2. The molecule has 0 atom stereocenters. The summed E-state index contributed by atoms with van der Waals surface area (Å²) in [5.74, 6) is 1.04. The first kappa shape index (κ1) is 15.9. The SMILES string of the molecule is CCN(CC(C)(C)O)C(=O)c1ccnc(C2CCCC2)n1. The minimum atomic E-state index is -0.910. The Labute approximate surface area is 126 Å². The van der Waals surface area contributed by atoms with E-state index in [1.54, 1.807) is 31.0 Å². The predicted molar refractivity (Wildman–Crippen MR) is 81.1 cm³/mol. The van der Waals surface area contributed by atoms with Gasteiger partial charge in [-0.15, -0.1) is 0 Å². The maximum atomic E-state index is 12.5. The van der Waals surface area contributed by atoms with E-state index < -0.39 is 5.60 Å². The van der Waals surface area contributed by atoms with E-state index in [4.69, 9.17) is 0 Å². The summed E-state index contributed by atoms with van der Waals surface area (Å²) in [6.45, 7) is 6.15. The van der Waals surface area contributed by atoms with Crippen molar-refractivity contribution in [2.45, 2.75) is 58.0 Å². The van der Waals surface area contributed by atoms with Gasteiger partial charge in [-0.3, -0.25) is 4.79 Å². The van der Waals surface area contributed by atoms with Gasteiger partial charge in [-0.1, -0.05) is 12.8 Å². The topological polar surface area (TPSA) is 66.3 Å². The lowest BCUT2D eigenvalue weighted by Gasteiger charge is -2.27. The number of hydrogen-bond acceptors (Lipinski definition) is 4. The van der Waals surface area contributed by atoms with Gasteiger partial charge in [0.25, 0.3) is 5.91 Å². The highest BCUT2D eigenvalue weighted by molar-refractivity contribution is 5.92.